The third kappa shape index (κ3) is 3.44. The van der Waals surface area contributed by atoms with Crippen LogP contribution in [0.25, 0.3) is 22.6 Å². The van der Waals surface area contributed by atoms with Crippen molar-refractivity contribution in [3.8, 4) is 22.6 Å². The Morgan fingerprint density at radius 2 is 1.88 bits per heavy atom. The molecule has 0 aliphatic heterocycles. The average Bonchev–Trinajstić information content (AvgIpc) is 2.60. The van der Waals surface area contributed by atoms with E-state index in [0.717, 1.165) is 28.3 Å². The molecule has 0 unspecified atom stereocenters. The highest BCUT2D eigenvalue weighted by Gasteiger charge is 2.12. The molecule has 24 heavy (non-hydrogen) atoms. The second-order valence-corrected chi connectivity index (χ2v) is 5.86. The van der Waals surface area contributed by atoms with Crippen molar-refractivity contribution in [2.24, 2.45) is 5.73 Å². The van der Waals surface area contributed by atoms with E-state index >= 15 is 0 Å². The fraction of sp³-hybridized carbons (Fsp3) is 0.200. The second-order valence-electron chi connectivity index (χ2n) is 5.86. The van der Waals surface area contributed by atoms with Gasteiger partial charge in [0.2, 0.25) is 0 Å². The van der Waals surface area contributed by atoms with Crippen molar-refractivity contribution < 1.29 is 0 Å². The predicted molar refractivity (Wildman–Crippen MR) is 99.9 cm³/mol. The topological polar surface area (TPSA) is 63.8 Å². The van der Waals surface area contributed by atoms with Gasteiger partial charge in [-0.05, 0) is 25.5 Å². The monoisotopic (exact) mass is 318 g/mol. The van der Waals surface area contributed by atoms with Crippen molar-refractivity contribution in [3.63, 3.8) is 0 Å². The number of nitrogens with two attached hydrogens (primary N) is 1. The molecule has 4 nitrogen and oxygen atoms in total. The summed E-state index contributed by atoms with van der Waals surface area (Å²) in [6.45, 7) is 5.41. The largest absolute Gasteiger partial charge is 0.381 e. The molecular weight excluding hydrogens is 296 g/mol. The summed E-state index contributed by atoms with van der Waals surface area (Å²) in [7, 11) is 0. The van der Waals surface area contributed by atoms with E-state index in [1.54, 1.807) is 0 Å². The molecule has 0 saturated heterocycles. The maximum Gasteiger partial charge on any atom is 0.159 e. The zero-order chi connectivity index (χ0) is 16.9. The molecule has 0 spiro atoms. The van der Waals surface area contributed by atoms with Crippen LogP contribution in [0, 0.1) is 13.8 Å². The van der Waals surface area contributed by atoms with Crippen LogP contribution < -0.4 is 11.1 Å². The first-order valence-corrected chi connectivity index (χ1v) is 8.13. The minimum absolute atomic E-state index is 0.562. The van der Waals surface area contributed by atoms with Gasteiger partial charge in [0.25, 0.3) is 0 Å². The smallest absolute Gasteiger partial charge is 0.159 e. The van der Waals surface area contributed by atoms with Gasteiger partial charge in [-0.2, -0.15) is 0 Å². The lowest BCUT2D eigenvalue weighted by atomic mass is 10.0. The third-order valence-electron chi connectivity index (χ3n) is 3.93. The van der Waals surface area contributed by atoms with E-state index in [9.17, 15) is 0 Å². The molecule has 2 aromatic carbocycles. The maximum absolute atomic E-state index is 5.63. The summed E-state index contributed by atoms with van der Waals surface area (Å²) < 4.78 is 0. The van der Waals surface area contributed by atoms with Crippen molar-refractivity contribution in [2.75, 3.05) is 18.4 Å². The summed E-state index contributed by atoms with van der Waals surface area (Å²) in [5.74, 6) is 0.732. The van der Waals surface area contributed by atoms with E-state index in [4.69, 9.17) is 10.7 Å². The highest BCUT2D eigenvalue weighted by molar-refractivity contribution is 5.77. The average molecular weight is 318 g/mol. The first-order valence-electron chi connectivity index (χ1n) is 8.13. The lowest BCUT2D eigenvalue weighted by Crippen LogP contribution is -2.14. The van der Waals surface area contributed by atoms with Crippen LogP contribution in [0.1, 0.15) is 11.1 Å². The van der Waals surface area contributed by atoms with Gasteiger partial charge in [0.1, 0.15) is 0 Å². The van der Waals surface area contributed by atoms with Crippen LogP contribution in [0.3, 0.4) is 0 Å². The highest BCUT2D eigenvalue weighted by Crippen LogP contribution is 2.30. The lowest BCUT2D eigenvalue weighted by molar-refractivity contribution is 1.02. The zero-order valence-electron chi connectivity index (χ0n) is 14.1. The van der Waals surface area contributed by atoms with Crippen molar-refractivity contribution in [2.45, 2.75) is 13.8 Å². The van der Waals surface area contributed by atoms with E-state index in [0.29, 0.717) is 13.1 Å². The summed E-state index contributed by atoms with van der Waals surface area (Å²) in [6.07, 6.45) is 1.85. The first kappa shape index (κ1) is 16.1. The van der Waals surface area contributed by atoms with Crippen molar-refractivity contribution in [1.29, 1.82) is 0 Å². The molecule has 4 heteroatoms. The zero-order valence-corrected chi connectivity index (χ0v) is 14.1. The molecule has 1 aromatic heterocycles. The molecule has 122 valence electrons. The molecule has 0 aliphatic carbocycles. The van der Waals surface area contributed by atoms with Crippen LogP contribution in [0.2, 0.25) is 0 Å². The molecule has 3 rings (SSSR count). The molecular formula is C20H22N4. The van der Waals surface area contributed by atoms with Crippen LogP contribution >= 0.6 is 0 Å². The van der Waals surface area contributed by atoms with Gasteiger partial charge in [0.05, 0.1) is 17.6 Å². The van der Waals surface area contributed by atoms with E-state index in [2.05, 4.69) is 48.4 Å². The molecule has 0 amide bonds. The van der Waals surface area contributed by atoms with Crippen LogP contribution in [-0.4, -0.2) is 23.1 Å². The number of anilines is 1. The normalized spacial score (nSPS) is 10.6. The quantitative estimate of drug-likeness (QED) is 0.751. The molecule has 0 saturated carbocycles. The number of hydrogen-bond acceptors (Lipinski definition) is 4. The lowest BCUT2D eigenvalue weighted by Gasteiger charge is -2.14. The van der Waals surface area contributed by atoms with Gasteiger partial charge in [0.15, 0.2) is 5.82 Å². The Morgan fingerprint density at radius 1 is 1.04 bits per heavy atom. The summed E-state index contributed by atoms with van der Waals surface area (Å²) >= 11 is 0. The predicted octanol–water partition coefficient (Wildman–Crippen LogP) is 3.80. The van der Waals surface area contributed by atoms with E-state index < -0.39 is 0 Å². The molecule has 0 radical (unpaired) electrons. The minimum atomic E-state index is 0.562. The number of aromatic nitrogens is 2. The molecule has 3 aromatic rings. The Balaban J connectivity index is 2.12. The molecule has 0 bridgehead atoms. The Kier molecular flexibility index (Phi) is 4.87. The molecule has 3 N–H and O–H groups in total. The van der Waals surface area contributed by atoms with Crippen molar-refractivity contribution in [3.05, 3.63) is 65.9 Å². The molecule has 1 heterocycles. The van der Waals surface area contributed by atoms with Crippen molar-refractivity contribution >= 4 is 5.69 Å². The summed E-state index contributed by atoms with van der Waals surface area (Å²) in [5, 5.41) is 3.33. The number of aryl methyl sites for hydroxylation is 2. The minimum Gasteiger partial charge on any atom is -0.381 e. The van der Waals surface area contributed by atoms with E-state index in [1.165, 1.54) is 11.1 Å². The second kappa shape index (κ2) is 7.23. The fourth-order valence-corrected chi connectivity index (χ4v) is 2.69. The number of benzene rings is 2. The fourth-order valence-electron chi connectivity index (χ4n) is 2.69. The Hall–Kier alpha value is -2.72. The van der Waals surface area contributed by atoms with Gasteiger partial charge in [0, 0.05) is 24.2 Å². The standard InChI is InChI=1S/C20H22N4/c1-14-6-5-8-16(12-14)20-23-13-18(22-11-10-21)19(24-20)17-9-4-3-7-15(17)2/h3-9,12-13,22H,10-11,21H2,1-2H3. The number of rotatable bonds is 5. The van der Waals surface area contributed by atoms with Crippen molar-refractivity contribution in [1.82, 2.24) is 9.97 Å². The van der Waals surface area contributed by atoms with E-state index in [-0.39, 0.29) is 0 Å². The highest BCUT2D eigenvalue weighted by atomic mass is 15.0. The summed E-state index contributed by atoms with van der Waals surface area (Å²) in [4.78, 5) is 9.40. The van der Waals surface area contributed by atoms with Gasteiger partial charge >= 0.3 is 0 Å². The van der Waals surface area contributed by atoms with Gasteiger partial charge < -0.3 is 11.1 Å². The summed E-state index contributed by atoms with van der Waals surface area (Å²) in [6, 6.07) is 16.5. The van der Waals surface area contributed by atoms with Gasteiger partial charge in [-0.1, -0.05) is 48.0 Å². The molecule has 0 atom stereocenters. The van der Waals surface area contributed by atoms with Crippen LogP contribution in [0.5, 0.6) is 0 Å². The Morgan fingerprint density at radius 3 is 2.62 bits per heavy atom. The SMILES string of the molecule is Cc1cccc(-c2ncc(NCCN)c(-c3ccccc3C)n2)c1. The maximum atomic E-state index is 5.63. The number of hydrogen-bond donors (Lipinski definition) is 2. The Labute approximate surface area is 142 Å². The Bertz CT molecular complexity index is 843. The van der Waals surface area contributed by atoms with Crippen LogP contribution in [-0.2, 0) is 0 Å². The summed E-state index contributed by atoms with van der Waals surface area (Å²) in [5.41, 5.74) is 12.0. The van der Waals surface area contributed by atoms with Gasteiger partial charge in [-0.3, -0.25) is 0 Å². The van der Waals surface area contributed by atoms with Crippen LogP contribution in [0.4, 0.5) is 5.69 Å². The van der Waals surface area contributed by atoms with Crippen LogP contribution in [0.15, 0.2) is 54.7 Å². The number of nitrogens with one attached hydrogen (secondary N) is 1. The third-order valence-corrected chi connectivity index (χ3v) is 3.93. The number of nitrogens with zero attached hydrogens (tertiary/aromatic N) is 2. The van der Waals surface area contributed by atoms with E-state index in [1.807, 2.05) is 30.5 Å². The first-order chi connectivity index (χ1) is 11.7. The van der Waals surface area contributed by atoms with Gasteiger partial charge in [-0.15, -0.1) is 0 Å². The molecule has 0 fully saturated rings. The van der Waals surface area contributed by atoms with Gasteiger partial charge in [-0.25, -0.2) is 9.97 Å². The molecule has 0 aliphatic rings.